The number of hydrazone groups is 1. The SMILES string of the molecule is Oc1ccccc1/C=C/C1=NN(c2nc(-c3ccc(Cl)cc3)cs2)[C@](O)(C(F)(F)F)C1. The Labute approximate surface area is 184 Å². The minimum atomic E-state index is -4.98. The van der Waals surface area contributed by atoms with Gasteiger partial charge in [-0.1, -0.05) is 41.9 Å². The molecule has 0 fully saturated rings. The first-order chi connectivity index (χ1) is 14.7. The van der Waals surface area contributed by atoms with Crippen LogP contribution >= 0.6 is 22.9 Å². The average molecular weight is 466 g/mol. The summed E-state index contributed by atoms with van der Waals surface area (Å²) in [5.41, 5.74) is -1.72. The molecule has 0 radical (unpaired) electrons. The lowest BCUT2D eigenvalue weighted by atomic mass is 10.1. The molecule has 31 heavy (non-hydrogen) atoms. The van der Waals surface area contributed by atoms with Crippen molar-refractivity contribution in [2.75, 3.05) is 5.01 Å². The zero-order valence-electron chi connectivity index (χ0n) is 15.7. The number of alkyl halides is 3. The first-order valence-corrected chi connectivity index (χ1v) is 10.3. The molecule has 4 rings (SSSR count). The quantitative estimate of drug-likeness (QED) is 0.518. The molecule has 2 heterocycles. The van der Waals surface area contributed by atoms with Crippen LogP contribution in [0.2, 0.25) is 5.02 Å². The molecule has 0 aliphatic carbocycles. The van der Waals surface area contributed by atoms with E-state index in [1.165, 1.54) is 18.2 Å². The maximum Gasteiger partial charge on any atom is 0.438 e. The van der Waals surface area contributed by atoms with Gasteiger partial charge in [0.2, 0.25) is 5.13 Å². The molecule has 0 saturated heterocycles. The third-order valence-corrected chi connectivity index (χ3v) is 5.73. The average Bonchev–Trinajstić information content (AvgIpc) is 3.33. The van der Waals surface area contributed by atoms with E-state index in [4.69, 9.17) is 11.6 Å². The van der Waals surface area contributed by atoms with Crippen LogP contribution in [0.5, 0.6) is 5.75 Å². The van der Waals surface area contributed by atoms with E-state index in [0.29, 0.717) is 26.9 Å². The standard InChI is InChI=1S/C21H15ClF3N3O2S/c22-15-8-5-13(6-9-15)17-12-31-19(26-17)28-20(30,21(23,24)25)11-16(27-28)10-7-14-3-1-2-4-18(14)29/h1-10,12,29-30H,11H2/b10-7+/t20-/m1/s1. The van der Waals surface area contributed by atoms with Gasteiger partial charge in [-0.3, -0.25) is 0 Å². The number of halogens is 4. The predicted molar refractivity (Wildman–Crippen MR) is 115 cm³/mol. The van der Waals surface area contributed by atoms with E-state index < -0.39 is 18.3 Å². The largest absolute Gasteiger partial charge is 0.507 e. The van der Waals surface area contributed by atoms with Crippen molar-refractivity contribution in [3.05, 3.63) is 70.6 Å². The van der Waals surface area contributed by atoms with Gasteiger partial charge in [0.25, 0.3) is 5.72 Å². The Hall–Kier alpha value is -2.88. The van der Waals surface area contributed by atoms with Gasteiger partial charge in [0.05, 0.1) is 17.8 Å². The number of hydrogen-bond donors (Lipinski definition) is 2. The fourth-order valence-corrected chi connectivity index (χ4v) is 3.99. The molecule has 1 aliphatic heterocycles. The monoisotopic (exact) mass is 465 g/mol. The number of phenols is 1. The number of anilines is 1. The number of thiazole rings is 1. The van der Waals surface area contributed by atoms with E-state index in [1.54, 1.807) is 47.8 Å². The van der Waals surface area contributed by atoms with Gasteiger partial charge in [0.15, 0.2) is 0 Å². The van der Waals surface area contributed by atoms with Gasteiger partial charge in [0, 0.05) is 21.5 Å². The van der Waals surface area contributed by atoms with Crippen molar-refractivity contribution < 1.29 is 23.4 Å². The second-order valence-electron chi connectivity index (χ2n) is 6.81. The van der Waals surface area contributed by atoms with Crippen molar-refractivity contribution in [3.63, 3.8) is 0 Å². The molecule has 0 amide bonds. The van der Waals surface area contributed by atoms with Crippen LogP contribution in [0.1, 0.15) is 12.0 Å². The second-order valence-corrected chi connectivity index (χ2v) is 8.08. The number of hydrogen-bond acceptors (Lipinski definition) is 6. The third-order valence-electron chi connectivity index (χ3n) is 4.67. The summed E-state index contributed by atoms with van der Waals surface area (Å²) in [6, 6.07) is 13.1. The van der Waals surface area contributed by atoms with E-state index >= 15 is 0 Å². The summed E-state index contributed by atoms with van der Waals surface area (Å²) in [7, 11) is 0. The second kappa shape index (κ2) is 7.99. The topological polar surface area (TPSA) is 69.0 Å². The molecule has 1 aromatic heterocycles. The lowest BCUT2D eigenvalue weighted by molar-refractivity contribution is -0.254. The van der Waals surface area contributed by atoms with Crippen LogP contribution in [0.4, 0.5) is 18.3 Å². The summed E-state index contributed by atoms with van der Waals surface area (Å²) in [6.45, 7) is 0. The molecule has 0 bridgehead atoms. The summed E-state index contributed by atoms with van der Waals surface area (Å²) < 4.78 is 41.4. The highest BCUT2D eigenvalue weighted by molar-refractivity contribution is 7.14. The first-order valence-electron chi connectivity index (χ1n) is 9.02. The van der Waals surface area contributed by atoms with Crippen molar-refractivity contribution >= 4 is 39.9 Å². The number of rotatable bonds is 4. The molecular formula is C21H15ClF3N3O2S. The Morgan fingerprint density at radius 1 is 1.10 bits per heavy atom. The Balaban J connectivity index is 1.68. The van der Waals surface area contributed by atoms with Crippen molar-refractivity contribution in [1.29, 1.82) is 0 Å². The van der Waals surface area contributed by atoms with E-state index in [9.17, 15) is 23.4 Å². The van der Waals surface area contributed by atoms with Crippen LogP contribution in [-0.4, -0.2) is 32.8 Å². The van der Waals surface area contributed by atoms with Crippen LogP contribution in [0, 0.1) is 0 Å². The van der Waals surface area contributed by atoms with Crippen molar-refractivity contribution in [2.45, 2.75) is 18.3 Å². The predicted octanol–water partition coefficient (Wildman–Crippen LogP) is 5.70. The molecule has 0 spiro atoms. The number of nitrogens with zero attached hydrogens (tertiary/aromatic N) is 3. The maximum atomic E-state index is 13.8. The van der Waals surface area contributed by atoms with Gasteiger partial charge in [0.1, 0.15) is 5.75 Å². The number of aromatic nitrogens is 1. The summed E-state index contributed by atoms with van der Waals surface area (Å²) in [5.74, 6) is -0.0205. The number of allylic oxidation sites excluding steroid dienone is 1. The summed E-state index contributed by atoms with van der Waals surface area (Å²) in [5, 5.41) is 26.8. The van der Waals surface area contributed by atoms with E-state index in [2.05, 4.69) is 10.1 Å². The molecule has 2 aromatic carbocycles. The van der Waals surface area contributed by atoms with Crippen molar-refractivity contribution in [3.8, 4) is 17.0 Å². The summed E-state index contributed by atoms with van der Waals surface area (Å²) in [4.78, 5) is 4.24. The number of benzene rings is 2. The van der Waals surface area contributed by atoms with Gasteiger partial charge in [-0.15, -0.1) is 11.3 Å². The Morgan fingerprint density at radius 3 is 2.48 bits per heavy atom. The highest BCUT2D eigenvalue weighted by atomic mass is 35.5. The zero-order valence-corrected chi connectivity index (χ0v) is 17.3. The van der Waals surface area contributed by atoms with E-state index in [-0.39, 0.29) is 16.6 Å². The highest BCUT2D eigenvalue weighted by Crippen LogP contribution is 2.44. The Bertz CT molecular complexity index is 1160. The normalized spacial score (nSPS) is 19.3. The van der Waals surface area contributed by atoms with Gasteiger partial charge in [-0.05, 0) is 30.4 Å². The molecule has 10 heteroatoms. The highest BCUT2D eigenvalue weighted by Gasteiger charge is 2.62. The van der Waals surface area contributed by atoms with Crippen LogP contribution < -0.4 is 5.01 Å². The van der Waals surface area contributed by atoms with Gasteiger partial charge in [-0.2, -0.15) is 23.3 Å². The molecule has 160 valence electrons. The molecule has 5 nitrogen and oxygen atoms in total. The smallest absolute Gasteiger partial charge is 0.438 e. The van der Waals surface area contributed by atoms with Gasteiger partial charge in [-0.25, -0.2) is 4.98 Å². The maximum absolute atomic E-state index is 13.8. The lowest BCUT2D eigenvalue weighted by Crippen LogP contribution is -2.55. The number of aromatic hydroxyl groups is 1. The molecule has 2 N–H and O–H groups in total. The third kappa shape index (κ3) is 4.16. The molecular weight excluding hydrogens is 451 g/mol. The minimum absolute atomic E-state index is 0.00804. The number of phenolic OH excluding ortho intramolecular Hbond substituents is 1. The van der Waals surface area contributed by atoms with E-state index in [1.807, 2.05) is 0 Å². The Kier molecular flexibility index (Phi) is 5.50. The fraction of sp³-hybridized carbons (Fsp3) is 0.143. The van der Waals surface area contributed by atoms with E-state index in [0.717, 1.165) is 11.3 Å². The van der Waals surface area contributed by atoms with Crippen molar-refractivity contribution in [2.24, 2.45) is 5.10 Å². The van der Waals surface area contributed by atoms with Crippen molar-refractivity contribution in [1.82, 2.24) is 4.98 Å². The number of aliphatic hydroxyl groups is 1. The molecule has 1 atom stereocenters. The Morgan fingerprint density at radius 2 is 1.81 bits per heavy atom. The van der Waals surface area contributed by atoms with Gasteiger partial charge >= 0.3 is 6.18 Å². The molecule has 0 saturated carbocycles. The van der Waals surface area contributed by atoms with Gasteiger partial charge < -0.3 is 10.2 Å². The lowest BCUT2D eigenvalue weighted by Gasteiger charge is -2.32. The zero-order chi connectivity index (χ0) is 22.2. The molecule has 1 aliphatic rings. The minimum Gasteiger partial charge on any atom is -0.507 e. The number of para-hydroxylation sites is 1. The van der Waals surface area contributed by atoms with Crippen LogP contribution in [0.3, 0.4) is 0 Å². The van der Waals surface area contributed by atoms with Crippen LogP contribution in [0.25, 0.3) is 17.3 Å². The fourth-order valence-electron chi connectivity index (χ4n) is 3.02. The van der Waals surface area contributed by atoms with Crippen LogP contribution in [-0.2, 0) is 0 Å². The molecule has 3 aromatic rings. The first kappa shape index (κ1) is 21.4. The molecule has 0 unspecified atom stereocenters. The van der Waals surface area contributed by atoms with Crippen LogP contribution in [0.15, 0.2) is 65.1 Å². The summed E-state index contributed by atoms with van der Waals surface area (Å²) in [6.07, 6.45) is -2.99. The summed E-state index contributed by atoms with van der Waals surface area (Å²) >= 11 is 6.81.